The maximum absolute atomic E-state index is 10.9. The first-order valence-electron chi connectivity index (χ1n) is 6.14. The number of pyridine rings is 1. The van der Waals surface area contributed by atoms with E-state index in [0.717, 1.165) is 0 Å². The van der Waals surface area contributed by atoms with Gasteiger partial charge in [0.2, 0.25) is 0 Å². The highest BCUT2D eigenvalue weighted by Crippen LogP contribution is 2.22. The summed E-state index contributed by atoms with van der Waals surface area (Å²) in [6, 6.07) is 7.68. The van der Waals surface area contributed by atoms with Crippen molar-refractivity contribution in [3.05, 3.63) is 63.5 Å². The Bertz CT molecular complexity index is 700. The summed E-state index contributed by atoms with van der Waals surface area (Å²) in [6.07, 6.45) is 1.41. The third-order valence-corrected chi connectivity index (χ3v) is 2.94. The molecule has 0 fully saturated rings. The number of nitrogens with one attached hydrogen (secondary N) is 1. The van der Waals surface area contributed by atoms with Crippen molar-refractivity contribution in [3.8, 4) is 0 Å². The van der Waals surface area contributed by atoms with Crippen LogP contribution in [0.1, 0.15) is 21.6 Å². The number of anilines is 1. The summed E-state index contributed by atoms with van der Waals surface area (Å²) in [6.45, 7) is 1.95. The lowest BCUT2D eigenvalue weighted by Gasteiger charge is -2.07. The molecule has 0 aliphatic carbocycles. The normalized spacial score (nSPS) is 10.1. The molecule has 7 heteroatoms. The molecule has 21 heavy (non-hydrogen) atoms. The van der Waals surface area contributed by atoms with Crippen molar-refractivity contribution in [1.29, 1.82) is 0 Å². The van der Waals surface area contributed by atoms with Crippen LogP contribution in [0, 0.1) is 17.0 Å². The number of benzene rings is 1. The summed E-state index contributed by atoms with van der Waals surface area (Å²) in [5.41, 5.74) is 1.88. The SMILES string of the molecule is Cc1ccc(NCc2cc(C(=O)O)ccn2)cc1[N+](=O)[O-]. The van der Waals surface area contributed by atoms with Gasteiger partial charge in [-0.05, 0) is 25.1 Å². The van der Waals surface area contributed by atoms with Gasteiger partial charge < -0.3 is 10.4 Å². The zero-order valence-corrected chi connectivity index (χ0v) is 11.2. The van der Waals surface area contributed by atoms with Crippen molar-refractivity contribution in [2.24, 2.45) is 0 Å². The number of hydrogen-bond donors (Lipinski definition) is 2. The second kappa shape index (κ2) is 6.00. The molecule has 0 aliphatic rings. The van der Waals surface area contributed by atoms with Crippen molar-refractivity contribution < 1.29 is 14.8 Å². The predicted octanol–water partition coefficient (Wildman–Crippen LogP) is 2.61. The zero-order chi connectivity index (χ0) is 15.4. The number of nitrogens with zero attached hydrogens (tertiary/aromatic N) is 2. The number of nitro groups is 1. The molecular weight excluding hydrogens is 274 g/mol. The van der Waals surface area contributed by atoms with Crippen molar-refractivity contribution in [3.63, 3.8) is 0 Å². The minimum absolute atomic E-state index is 0.0345. The summed E-state index contributed by atoms with van der Waals surface area (Å²) in [4.78, 5) is 25.3. The molecule has 0 spiro atoms. The number of carbonyl (C=O) groups is 1. The van der Waals surface area contributed by atoms with E-state index in [-0.39, 0.29) is 17.8 Å². The number of aryl methyl sites for hydroxylation is 1. The molecule has 2 aromatic rings. The van der Waals surface area contributed by atoms with E-state index >= 15 is 0 Å². The summed E-state index contributed by atoms with van der Waals surface area (Å²) >= 11 is 0. The van der Waals surface area contributed by atoms with Gasteiger partial charge in [0.05, 0.1) is 22.7 Å². The molecule has 1 heterocycles. The standard InChI is InChI=1S/C14H13N3O4/c1-9-2-3-11(7-13(9)17(20)21)16-8-12-6-10(14(18)19)4-5-15-12/h2-7,16H,8H2,1H3,(H,18,19). The second-order valence-corrected chi connectivity index (χ2v) is 4.45. The third kappa shape index (κ3) is 3.53. The average molecular weight is 287 g/mol. The van der Waals surface area contributed by atoms with E-state index in [4.69, 9.17) is 5.11 Å². The molecule has 0 amide bonds. The van der Waals surface area contributed by atoms with Gasteiger partial charge in [-0.15, -0.1) is 0 Å². The Morgan fingerprint density at radius 1 is 1.38 bits per heavy atom. The lowest BCUT2D eigenvalue weighted by molar-refractivity contribution is -0.385. The van der Waals surface area contributed by atoms with Crippen LogP contribution in [-0.4, -0.2) is 21.0 Å². The molecule has 0 aliphatic heterocycles. The fraction of sp³-hybridized carbons (Fsp3) is 0.143. The molecule has 0 bridgehead atoms. The Morgan fingerprint density at radius 2 is 2.14 bits per heavy atom. The maximum atomic E-state index is 10.9. The lowest BCUT2D eigenvalue weighted by atomic mass is 10.2. The van der Waals surface area contributed by atoms with Gasteiger partial charge in [0.1, 0.15) is 0 Å². The minimum Gasteiger partial charge on any atom is -0.478 e. The predicted molar refractivity (Wildman–Crippen MR) is 76.4 cm³/mol. The summed E-state index contributed by atoms with van der Waals surface area (Å²) in [5.74, 6) is -1.02. The largest absolute Gasteiger partial charge is 0.478 e. The monoisotopic (exact) mass is 287 g/mol. The molecule has 0 unspecified atom stereocenters. The Kier molecular flexibility index (Phi) is 4.13. The Balaban J connectivity index is 2.13. The molecule has 2 rings (SSSR count). The van der Waals surface area contributed by atoms with Crippen LogP contribution in [0.3, 0.4) is 0 Å². The van der Waals surface area contributed by atoms with Crippen LogP contribution in [0.2, 0.25) is 0 Å². The second-order valence-electron chi connectivity index (χ2n) is 4.45. The van der Waals surface area contributed by atoms with E-state index in [0.29, 0.717) is 16.9 Å². The lowest BCUT2D eigenvalue weighted by Crippen LogP contribution is -2.05. The van der Waals surface area contributed by atoms with E-state index in [9.17, 15) is 14.9 Å². The Hall–Kier alpha value is -2.96. The van der Waals surface area contributed by atoms with Crippen molar-refractivity contribution >= 4 is 17.3 Å². The van der Waals surface area contributed by atoms with Gasteiger partial charge in [0.15, 0.2) is 0 Å². The number of carboxylic acid groups (broad SMARTS) is 1. The molecule has 1 aromatic heterocycles. The van der Waals surface area contributed by atoms with Crippen LogP contribution in [-0.2, 0) is 6.54 Å². The van der Waals surface area contributed by atoms with Crippen LogP contribution in [0.4, 0.5) is 11.4 Å². The summed E-state index contributed by atoms with van der Waals surface area (Å²) < 4.78 is 0. The van der Waals surface area contributed by atoms with Gasteiger partial charge in [-0.1, -0.05) is 6.07 Å². The van der Waals surface area contributed by atoms with E-state index in [1.807, 2.05) is 0 Å². The third-order valence-electron chi connectivity index (χ3n) is 2.94. The highest BCUT2D eigenvalue weighted by Gasteiger charge is 2.11. The molecule has 0 atom stereocenters. The van der Waals surface area contributed by atoms with Gasteiger partial charge in [-0.3, -0.25) is 15.1 Å². The van der Waals surface area contributed by atoms with Crippen molar-refractivity contribution in [1.82, 2.24) is 4.98 Å². The number of aromatic carboxylic acids is 1. The first-order chi connectivity index (χ1) is 9.97. The Labute approximate surface area is 120 Å². The molecule has 0 radical (unpaired) electrons. The highest BCUT2D eigenvalue weighted by molar-refractivity contribution is 5.87. The average Bonchev–Trinajstić information content (AvgIpc) is 2.46. The number of nitro benzene ring substituents is 1. The van der Waals surface area contributed by atoms with Crippen LogP contribution < -0.4 is 5.32 Å². The molecule has 108 valence electrons. The van der Waals surface area contributed by atoms with E-state index in [1.54, 1.807) is 19.1 Å². The van der Waals surface area contributed by atoms with E-state index < -0.39 is 10.9 Å². The first-order valence-corrected chi connectivity index (χ1v) is 6.14. The summed E-state index contributed by atoms with van der Waals surface area (Å²) in [7, 11) is 0. The van der Waals surface area contributed by atoms with Crippen LogP contribution in [0.25, 0.3) is 0 Å². The summed E-state index contributed by atoms with van der Waals surface area (Å²) in [5, 5.41) is 22.8. The quantitative estimate of drug-likeness (QED) is 0.646. The van der Waals surface area contributed by atoms with E-state index in [2.05, 4.69) is 10.3 Å². The molecule has 0 saturated heterocycles. The van der Waals surface area contributed by atoms with Crippen LogP contribution in [0.15, 0.2) is 36.5 Å². The topological polar surface area (TPSA) is 105 Å². The number of carboxylic acids is 1. The van der Waals surface area contributed by atoms with Gasteiger partial charge >= 0.3 is 5.97 Å². The molecular formula is C14H13N3O4. The van der Waals surface area contributed by atoms with Crippen molar-refractivity contribution in [2.75, 3.05) is 5.32 Å². The first kappa shape index (κ1) is 14.4. The number of hydrogen-bond acceptors (Lipinski definition) is 5. The Morgan fingerprint density at radius 3 is 2.81 bits per heavy atom. The van der Waals surface area contributed by atoms with Crippen LogP contribution in [0.5, 0.6) is 0 Å². The fourth-order valence-electron chi connectivity index (χ4n) is 1.82. The van der Waals surface area contributed by atoms with Gasteiger partial charge in [-0.2, -0.15) is 0 Å². The minimum atomic E-state index is -1.02. The number of rotatable bonds is 5. The van der Waals surface area contributed by atoms with Gasteiger partial charge in [0.25, 0.3) is 5.69 Å². The molecule has 2 N–H and O–H groups in total. The zero-order valence-electron chi connectivity index (χ0n) is 11.2. The van der Waals surface area contributed by atoms with Gasteiger partial charge in [0, 0.05) is 23.5 Å². The highest BCUT2D eigenvalue weighted by atomic mass is 16.6. The molecule has 1 aromatic carbocycles. The smallest absolute Gasteiger partial charge is 0.335 e. The number of aromatic nitrogens is 1. The van der Waals surface area contributed by atoms with Crippen molar-refractivity contribution in [2.45, 2.75) is 13.5 Å². The van der Waals surface area contributed by atoms with Crippen LogP contribution >= 0.6 is 0 Å². The van der Waals surface area contributed by atoms with Gasteiger partial charge in [-0.25, -0.2) is 4.79 Å². The maximum Gasteiger partial charge on any atom is 0.335 e. The van der Waals surface area contributed by atoms with E-state index in [1.165, 1.54) is 24.4 Å². The molecule has 0 saturated carbocycles. The fourth-order valence-corrected chi connectivity index (χ4v) is 1.82. The molecule has 7 nitrogen and oxygen atoms in total.